The first-order valence-corrected chi connectivity index (χ1v) is 27.7. The number of benzene rings is 2. The molecule has 1 heterocycles. The van der Waals surface area contributed by atoms with E-state index in [2.05, 4.69) is 57.9 Å². The van der Waals surface area contributed by atoms with E-state index in [0.717, 1.165) is 31.2 Å². The first-order valence-electron chi connectivity index (χ1n) is 27.7. The van der Waals surface area contributed by atoms with E-state index >= 15 is 0 Å². The van der Waals surface area contributed by atoms with Crippen molar-refractivity contribution >= 4 is 59.3 Å². The molecule has 0 radical (unpaired) electrons. The molecule has 0 spiro atoms. The van der Waals surface area contributed by atoms with Gasteiger partial charge >= 0.3 is 23.9 Å². The molecule has 0 unspecified atom stereocenters. The highest BCUT2D eigenvalue weighted by Gasteiger charge is 2.25. The van der Waals surface area contributed by atoms with Gasteiger partial charge in [-0.1, -0.05) is 106 Å². The Morgan fingerprint density at radius 1 is 0.463 bits per heavy atom. The minimum atomic E-state index is -1.02. The van der Waals surface area contributed by atoms with Gasteiger partial charge in [-0.3, -0.25) is 67.5 Å². The van der Waals surface area contributed by atoms with Crippen LogP contribution in [0.2, 0.25) is 0 Å². The third-order valence-corrected chi connectivity index (χ3v) is 12.3. The van der Waals surface area contributed by atoms with E-state index in [9.17, 15) is 47.9 Å². The van der Waals surface area contributed by atoms with Gasteiger partial charge in [0.05, 0.1) is 71.1 Å². The van der Waals surface area contributed by atoms with E-state index in [0.29, 0.717) is 91.4 Å². The summed E-state index contributed by atoms with van der Waals surface area (Å²) in [7, 11) is 0. The summed E-state index contributed by atoms with van der Waals surface area (Å²) in [5.74, 6) is -6.42. The van der Waals surface area contributed by atoms with Crippen molar-refractivity contribution in [2.24, 2.45) is 5.41 Å². The van der Waals surface area contributed by atoms with Gasteiger partial charge in [0.2, 0.25) is 35.4 Å². The van der Waals surface area contributed by atoms with Gasteiger partial charge in [-0.15, -0.1) is 0 Å². The van der Waals surface area contributed by atoms with Gasteiger partial charge in [-0.25, -0.2) is 0 Å². The zero-order valence-electron chi connectivity index (χ0n) is 49.1. The van der Waals surface area contributed by atoms with Crippen molar-refractivity contribution in [3.05, 3.63) is 71.3 Å². The minimum Gasteiger partial charge on any atom is -0.480 e. The van der Waals surface area contributed by atoms with Crippen LogP contribution < -0.4 is 31.9 Å². The summed E-state index contributed by atoms with van der Waals surface area (Å²) in [6.07, 6.45) is 5.24. The summed E-state index contributed by atoms with van der Waals surface area (Å²) >= 11 is 0. The number of carbonyl (C=O) groups excluding carboxylic acids is 6. The Kier molecular flexibility index (Phi) is 36.5. The highest BCUT2D eigenvalue weighted by molar-refractivity contribution is 5.91. The fourth-order valence-corrected chi connectivity index (χ4v) is 7.74. The summed E-state index contributed by atoms with van der Waals surface area (Å²) in [6, 6.07) is 18.4. The van der Waals surface area contributed by atoms with E-state index < -0.39 is 58.5 Å². The predicted octanol–water partition coefficient (Wildman–Crippen LogP) is 0.958. The van der Waals surface area contributed by atoms with Crippen LogP contribution in [0.4, 0.5) is 0 Å². The number of amides is 6. The number of carboxylic acids is 4. The van der Waals surface area contributed by atoms with Crippen molar-refractivity contribution in [1.29, 1.82) is 0 Å². The van der Waals surface area contributed by atoms with E-state index in [1.165, 1.54) is 11.1 Å². The SMILES string of the molecule is CCCCCCC(=O)NCC(=O)NCC(=O)NCC(=O)NCC(=O)NCC(C)(C)COCC(C)(C)NC(=O)CCc1ccc(C)cc1.Cc1ccccc1.O=C(O)CN1CCN(CC(=O)O)CCN(CC(=O)O)CCN(CC(=O)O)CC1. The Bertz CT molecular complexity index is 2170. The van der Waals surface area contributed by atoms with Crippen LogP contribution in [-0.2, 0) is 59.1 Å². The van der Waals surface area contributed by atoms with Crippen molar-refractivity contribution in [2.45, 2.75) is 99.0 Å². The lowest BCUT2D eigenvalue weighted by atomic mass is 9.94. The summed E-state index contributed by atoms with van der Waals surface area (Å²) in [4.78, 5) is 123. The molecule has 6 amide bonds. The van der Waals surface area contributed by atoms with E-state index in [1.807, 2.05) is 77.1 Å². The third kappa shape index (κ3) is 40.2. The van der Waals surface area contributed by atoms with Gasteiger partial charge in [0.25, 0.3) is 0 Å². The minimum absolute atomic E-state index is 0.0514. The van der Waals surface area contributed by atoms with Crippen LogP contribution in [0.3, 0.4) is 0 Å². The Balaban J connectivity index is 0.000000801. The van der Waals surface area contributed by atoms with Crippen LogP contribution in [0.5, 0.6) is 0 Å². The normalized spacial score (nSPS) is 13.8. The lowest BCUT2D eigenvalue weighted by Gasteiger charge is -2.32. The Morgan fingerprint density at radius 3 is 1.21 bits per heavy atom. The van der Waals surface area contributed by atoms with E-state index in [1.54, 1.807) is 19.6 Å². The van der Waals surface area contributed by atoms with Gasteiger partial charge in [-0.2, -0.15) is 0 Å². The maximum absolute atomic E-state index is 12.5. The maximum atomic E-state index is 12.5. The largest absolute Gasteiger partial charge is 0.480 e. The van der Waals surface area contributed by atoms with Crippen LogP contribution in [0, 0.1) is 19.3 Å². The number of aliphatic carboxylic acids is 4. The predicted molar refractivity (Wildman–Crippen MR) is 308 cm³/mol. The Labute approximate surface area is 482 Å². The first kappa shape index (κ1) is 73.0. The second-order valence-electron chi connectivity index (χ2n) is 21.6. The van der Waals surface area contributed by atoms with Gasteiger partial charge in [0.1, 0.15) is 0 Å². The molecule has 0 saturated carbocycles. The lowest BCUT2D eigenvalue weighted by Crippen LogP contribution is -2.49. The fraction of sp³-hybridized carbons (Fsp3) is 0.614. The smallest absolute Gasteiger partial charge is 0.317 e. The topological polar surface area (TPSA) is 346 Å². The number of nitrogens with zero attached hydrogens (tertiary/aromatic N) is 4. The number of rotatable bonds is 31. The highest BCUT2D eigenvalue weighted by atomic mass is 16.5. The van der Waals surface area contributed by atoms with E-state index in [-0.39, 0.29) is 64.2 Å². The average molecular weight is 1160 g/mol. The molecule has 2 aromatic carbocycles. The average Bonchev–Trinajstić information content (AvgIpc) is 3.42. The molecule has 2 aromatic rings. The lowest BCUT2D eigenvalue weighted by molar-refractivity contribution is -0.141. The molecule has 0 aromatic heterocycles. The molecule has 1 fully saturated rings. The monoisotopic (exact) mass is 1160 g/mol. The van der Waals surface area contributed by atoms with Crippen molar-refractivity contribution in [3.63, 3.8) is 0 Å². The second kappa shape index (κ2) is 41.0. The number of unbranched alkanes of at least 4 members (excludes halogenated alkanes) is 3. The van der Waals surface area contributed by atoms with Gasteiger partial charge in [0, 0.05) is 77.2 Å². The van der Waals surface area contributed by atoms with Crippen molar-refractivity contribution in [1.82, 2.24) is 51.5 Å². The molecule has 0 aliphatic carbocycles. The molecule has 0 atom stereocenters. The first-order chi connectivity index (χ1) is 38.6. The van der Waals surface area contributed by atoms with Gasteiger partial charge in [-0.05, 0) is 46.1 Å². The van der Waals surface area contributed by atoms with E-state index in [4.69, 9.17) is 25.2 Å². The molecule has 10 N–H and O–H groups in total. The van der Waals surface area contributed by atoms with Gasteiger partial charge in [0.15, 0.2) is 0 Å². The third-order valence-electron chi connectivity index (χ3n) is 12.3. The van der Waals surface area contributed by atoms with Gasteiger partial charge < -0.3 is 57.1 Å². The van der Waals surface area contributed by atoms with Crippen LogP contribution in [-0.4, -0.2) is 229 Å². The molecule has 1 aliphatic heterocycles. The number of hydrogen-bond donors (Lipinski definition) is 10. The molecule has 3 rings (SSSR count). The maximum Gasteiger partial charge on any atom is 0.317 e. The quantitative estimate of drug-likeness (QED) is 0.0470. The molecule has 82 heavy (non-hydrogen) atoms. The summed E-state index contributed by atoms with van der Waals surface area (Å²) in [5, 5.41) is 51.7. The van der Waals surface area contributed by atoms with Crippen LogP contribution in [0.15, 0.2) is 54.6 Å². The number of nitrogens with one attached hydrogen (secondary N) is 6. The van der Waals surface area contributed by atoms with Crippen LogP contribution in [0.1, 0.15) is 89.8 Å². The van der Waals surface area contributed by atoms with Crippen molar-refractivity contribution < 1.29 is 73.1 Å². The fourth-order valence-electron chi connectivity index (χ4n) is 7.74. The molecule has 25 heteroatoms. The summed E-state index contributed by atoms with van der Waals surface area (Å²) < 4.78 is 5.88. The highest BCUT2D eigenvalue weighted by Crippen LogP contribution is 2.16. The molecular formula is C57H92N10O15. The number of hydrogen-bond acceptors (Lipinski definition) is 15. The number of carboxylic acid groups (broad SMARTS) is 4. The number of ether oxygens (including phenoxy) is 1. The zero-order valence-corrected chi connectivity index (χ0v) is 49.1. The molecule has 25 nitrogen and oxygen atoms in total. The zero-order chi connectivity index (χ0) is 61.5. The molecule has 460 valence electrons. The molecular weight excluding hydrogens is 1060 g/mol. The summed E-state index contributed by atoms with van der Waals surface area (Å²) in [6.45, 7) is 15.0. The van der Waals surface area contributed by atoms with Crippen molar-refractivity contribution in [2.75, 3.05) is 124 Å². The number of carbonyl (C=O) groups is 10. The molecule has 1 saturated heterocycles. The van der Waals surface area contributed by atoms with Crippen molar-refractivity contribution in [3.8, 4) is 0 Å². The second-order valence-corrected chi connectivity index (χ2v) is 21.6. The summed E-state index contributed by atoms with van der Waals surface area (Å²) in [5.41, 5.74) is 2.63. The standard InChI is InChI=1S/C34H56N6O7.C16H28N4O8.C7H8/c1-7-8-9-10-11-27(41)35-18-29(43)36-19-30(44)37-20-31(45)38-21-32(46)39-22-33(3,4)23-47-24-34(5,6)40-28(42)17-16-26-14-12-25(2)13-15-26;21-13(22)9-17-1-2-18(10-14(23)24)5-6-20(12-16(27)28)8-7-19(4-3-17)11-15(25)26;1-7-5-3-2-4-6-7/h12-15H,7-11,16-24H2,1-6H3,(H,35,41)(H,36,43)(H,37,44)(H,38,45)(H,39,46)(H,40,42);1-12H2,(H,21,22)(H,23,24)(H,25,26)(H,27,28);2-6H,1H3. The number of aryl methyl sites for hydroxylation is 3. The van der Waals surface area contributed by atoms with Crippen LogP contribution >= 0.6 is 0 Å². The molecule has 0 bridgehead atoms. The van der Waals surface area contributed by atoms with Crippen LogP contribution in [0.25, 0.3) is 0 Å². The Hall–Kier alpha value is -7.06. The Morgan fingerprint density at radius 2 is 0.841 bits per heavy atom. The molecule has 1 aliphatic rings.